The molecule has 1 amide bonds. The van der Waals surface area contributed by atoms with E-state index in [1.807, 2.05) is 37.3 Å². The zero-order chi connectivity index (χ0) is 23.6. The highest BCUT2D eigenvalue weighted by atomic mass is 32.2. The third kappa shape index (κ3) is 4.92. The second-order valence-corrected chi connectivity index (χ2v) is 10.6. The molecule has 0 unspecified atom stereocenters. The maximum Gasteiger partial charge on any atom is 0.333 e. The molecule has 3 heterocycles. The molecular formula is C22H27N5O5S. The predicted molar refractivity (Wildman–Crippen MR) is 124 cm³/mol. The van der Waals surface area contributed by atoms with Crippen LogP contribution in [0, 0.1) is 0 Å². The number of nitrogens with zero attached hydrogens (tertiary/aromatic N) is 4. The van der Waals surface area contributed by atoms with Gasteiger partial charge in [0.2, 0.25) is 5.91 Å². The number of nitrogens with one attached hydrogen (secondary N) is 1. The Bertz CT molecular complexity index is 1390. The van der Waals surface area contributed by atoms with Gasteiger partial charge in [0.1, 0.15) is 6.54 Å². The van der Waals surface area contributed by atoms with Crippen LogP contribution in [0.5, 0.6) is 0 Å². The number of rotatable bonds is 8. The molecular weight excluding hydrogens is 446 g/mol. The minimum absolute atomic E-state index is 0.0182. The van der Waals surface area contributed by atoms with Gasteiger partial charge < -0.3 is 9.88 Å². The number of unbranched alkanes of at least 4 members (excludes halogenated alkanes) is 1. The van der Waals surface area contributed by atoms with E-state index in [9.17, 15) is 22.8 Å². The predicted octanol–water partition coefficient (Wildman–Crippen LogP) is 0.511. The van der Waals surface area contributed by atoms with Crippen molar-refractivity contribution in [2.75, 3.05) is 11.5 Å². The van der Waals surface area contributed by atoms with E-state index < -0.39 is 39.6 Å². The highest BCUT2D eigenvalue weighted by Crippen LogP contribution is 2.12. The van der Waals surface area contributed by atoms with Crippen molar-refractivity contribution in [3.63, 3.8) is 0 Å². The average molecular weight is 474 g/mol. The first kappa shape index (κ1) is 23.0. The van der Waals surface area contributed by atoms with Crippen LogP contribution in [0.25, 0.3) is 11.2 Å². The number of aromatic nitrogens is 4. The van der Waals surface area contributed by atoms with Crippen LogP contribution < -0.4 is 16.6 Å². The molecule has 0 spiro atoms. The van der Waals surface area contributed by atoms with Crippen molar-refractivity contribution < 1.29 is 13.2 Å². The van der Waals surface area contributed by atoms with Crippen molar-refractivity contribution in [1.82, 2.24) is 24.0 Å². The molecule has 0 aliphatic carbocycles. The van der Waals surface area contributed by atoms with Gasteiger partial charge in [-0.25, -0.2) is 22.8 Å². The lowest BCUT2D eigenvalue weighted by atomic mass is 10.2. The fourth-order valence-electron chi connectivity index (χ4n) is 4.11. The molecule has 0 radical (unpaired) electrons. The van der Waals surface area contributed by atoms with Crippen LogP contribution in [0.4, 0.5) is 0 Å². The first-order valence-electron chi connectivity index (χ1n) is 11.0. The van der Waals surface area contributed by atoms with Gasteiger partial charge in [0.15, 0.2) is 21.0 Å². The van der Waals surface area contributed by atoms with Gasteiger partial charge in [0, 0.05) is 12.6 Å². The first-order valence-corrected chi connectivity index (χ1v) is 12.8. The van der Waals surface area contributed by atoms with Crippen LogP contribution in [0.2, 0.25) is 0 Å². The van der Waals surface area contributed by atoms with Gasteiger partial charge in [-0.2, -0.15) is 0 Å². The number of fused-ring (bicyclic) bond motifs is 1. The number of benzene rings is 1. The Morgan fingerprint density at radius 3 is 2.61 bits per heavy atom. The van der Waals surface area contributed by atoms with Crippen molar-refractivity contribution in [3.8, 4) is 0 Å². The standard InChI is InChI=1S/C22H27N5O5S/c1-2-3-10-25-15-23-20-19(25)21(29)27(13-18(28)24-17-9-11-33(31,32)14-17)22(30)26(20)12-16-7-5-4-6-8-16/h4-8,15,17H,2-3,9-14H2,1H3,(H,24,28)/t17-/m0/s1. The topological polar surface area (TPSA) is 125 Å². The Hall–Kier alpha value is -3.21. The lowest BCUT2D eigenvalue weighted by molar-refractivity contribution is -0.122. The van der Waals surface area contributed by atoms with E-state index in [1.54, 1.807) is 10.9 Å². The summed E-state index contributed by atoms with van der Waals surface area (Å²) in [5.74, 6) is -0.680. The Morgan fingerprint density at radius 2 is 1.94 bits per heavy atom. The van der Waals surface area contributed by atoms with E-state index in [1.165, 1.54) is 4.57 Å². The second kappa shape index (κ2) is 9.34. The van der Waals surface area contributed by atoms with Gasteiger partial charge in [0.05, 0.1) is 24.4 Å². The van der Waals surface area contributed by atoms with E-state index in [0.717, 1.165) is 23.0 Å². The molecule has 11 heteroatoms. The maximum atomic E-state index is 13.3. The highest BCUT2D eigenvalue weighted by Gasteiger charge is 2.29. The minimum Gasteiger partial charge on any atom is -0.351 e. The molecule has 33 heavy (non-hydrogen) atoms. The zero-order valence-electron chi connectivity index (χ0n) is 18.4. The summed E-state index contributed by atoms with van der Waals surface area (Å²) in [5.41, 5.74) is 0.196. The molecule has 0 saturated carbocycles. The fourth-order valence-corrected chi connectivity index (χ4v) is 5.78. The largest absolute Gasteiger partial charge is 0.351 e. The molecule has 1 atom stereocenters. The van der Waals surface area contributed by atoms with Gasteiger partial charge >= 0.3 is 5.69 Å². The molecule has 4 rings (SSSR count). The molecule has 1 fully saturated rings. The molecule has 1 aliphatic heterocycles. The molecule has 1 N–H and O–H groups in total. The normalized spacial score (nSPS) is 17.4. The van der Waals surface area contributed by atoms with E-state index in [2.05, 4.69) is 10.3 Å². The highest BCUT2D eigenvalue weighted by molar-refractivity contribution is 7.91. The van der Waals surface area contributed by atoms with Crippen molar-refractivity contribution >= 4 is 26.9 Å². The van der Waals surface area contributed by atoms with Gasteiger partial charge in [-0.05, 0) is 18.4 Å². The first-order chi connectivity index (χ1) is 15.8. The molecule has 10 nitrogen and oxygen atoms in total. The van der Waals surface area contributed by atoms with Crippen molar-refractivity contribution in [2.24, 2.45) is 0 Å². The monoisotopic (exact) mass is 473 g/mol. The maximum absolute atomic E-state index is 13.3. The van der Waals surface area contributed by atoms with Gasteiger partial charge in [0.25, 0.3) is 5.56 Å². The fraction of sp³-hybridized carbons (Fsp3) is 0.455. The number of imidazole rings is 1. The van der Waals surface area contributed by atoms with Crippen LogP contribution in [0.15, 0.2) is 46.2 Å². The van der Waals surface area contributed by atoms with Crippen LogP contribution in [0.1, 0.15) is 31.7 Å². The Labute approximate surface area is 190 Å². The molecule has 2 aromatic heterocycles. The number of amides is 1. The number of aryl methyl sites for hydroxylation is 1. The Kier molecular flexibility index (Phi) is 6.50. The second-order valence-electron chi connectivity index (χ2n) is 8.38. The van der Waals surface area contributed by atoms with Crippen LogP contribution in [0.3, 0.4) is 0 Å². The van der Waals surface area contributed by atoms with Gasteiger partial charge in [-0.1, -0.05) is 43.7 Å². The lowest BCUT2D eigenvalue weighted by Crippen LogP contribution is -2.46. The van der Waals surface area contributed by atoms with Crippen molar-refractivity contribution in [1.29, 1.82) is 0 Å². The SMILES string of the molecule is CCCCn1cnc2c1c(=O)n(CC(=O)N[C@H]1CCS(=O)(=O)C1)c(=O)n2Cc1ccccc1. The number of hydrogen-bond donors (Lipinski definition) is 1. The summed E-state index contributed by atoms with van der Waals surface area (Å²) in [6.07, 6.45) is 3.63. The molecule has 1 aliphatic rings. The summed E-state index contributed by atoms with van der Waals surface area (Å²) >= 11 is 0. The van der Waals surface area contributed by atoms with E-state index in [0.29, 0.717) is 13.0 Å². The summed E-state index contributed by atoms with van der Waals surface area (Å²) in [6, 6.07) is 8.82. The summed E-state index contributed by atoms with van der Waals surface area (Å²) in [7, 11) is -3.17. The number of hydrogen-bond acceptors (Lipinski definition) is 6. The third-order valence-electron chi connectivity index (χ3n) is 5.82. The number of sulfone groups is 1. The molecule has 1 saturated heterocycles. The molecule has 176 valence electrons. The summed E-state index contributed by atoms with van der Waals surface area (Å²) < 4.78 is 27.4. The van der Waals surface area contributed by atoms with Crippen molar-refractivity contribution in [3.05, 3.63) is 63.1 Å². The summed E-state index contributed by atoms with van der Waals surface area (Å²) in [6.45, 7) is 2.32. The third-order valence-corrected chi connectivity index (χ3v) is 7.59. The zero-order valence-corrected chi connectivity index (χ0v) is 19.3. The van der Waals surface area contributed by atoms with Crippen LogP contribution >= 0.6 is 0 Å². The van der Waals surface area contributed by atoms with E-state index in [4.69, 9.17) is 0 Å². The van der Waals surface area contributed by atoms with Gasteiger partial charge in [-0.3, -0.25) is 14.2 Å². The summed E-state index contributed by atoms with van der Waals surface area (Å²) in [4.78, 5) is 43.6. The average Bonchev–Trinajstić information content (AvgIpc) is 3.36. The Balaban J connectivity index is 1.73. The Morgan fingerprint density at radius 1 is 1.18 bits per heavy atom. The van der Waals surface area contributed by atoms with Crippen LogP contribution in [-0.4, -0.2) is 50.6 Å². The quantitative estimate of drug-likeness (QED) is 0.508. The summed E-state index contributed by atoms with van der Waals surface area (Å²) in [5, 5.41) is 2.65. The van der Waals surface area contributed by atoms with Crippen LogP contribution in [-0.2, 0) is 34.3 Å². The van der Waals surface area contributed by atoms with Gasteiger partial charge in [-0.15, -0.1) is 0 Å². The molecule has 3 aromatic rings. The molecule has 0 bridgehead atoms. The van der Waals surface area contributed by atoms with E-state index >= 15 is 0 Å². The number of carbonyl (C=O) groups is 1. The molecule has 1 aromatic carbocycles. The number of carbonyl (C=O) groups excluding carboxylic acids is 1. The minimum atomic E-state index is -3.17. The lowest BCUT2D eigenvalue weighted by Gasteiger charge is -2.14. The van der Waals surface area contributed by atoms with Crippen molar-refractivity contribution in [2.45, 2.75) is 51.9 Å². The van der Waals surface area contributed by atoms with E-state index in [-0.39, 0.29) is 29.2 Å². The smallest absolute Gasteiger partial charge is 0.333 e.